The van der Waals surface area contributed by atoms with Gasteiger partial charge in [0.1, 0.15) is 12.4 Å². The van der Waals surface area contributed by atoms with E-state index < -0.39 is 0 Å². The van der Waals surface area contributed by atoms with Crippen molar-refractivity contribution in [3.8, 4) is 5.75 Å². The first kappa shape index (κ1) is 36.5. The number of hydrogen-bond donors (Lipinski definition) is 1. The van der Waals surface area contributed by atoms with Crippen LogP contribution in [0.25, 0.3) is 0 Å². The van der Waals surface area contributed by atoms with Crippen molar-refractivity contribution < 1.29 is 47.4 Å². The van der Waals surface area contributed by atoms with Crippen molar-refractivity contribution in [2.45, 2.75) is 20.3 Å². The Hall–Kier alpha value is -1.54. The van der Waals surface area contributed by atoms with Gasteiger partial charge in [-0.25, -0.2) is 0 Å². The van der Waals surface area contributed by atoms with Gasteiger partial charge in [-0.1, -0.05) is 20.3 Å². The fourth-order valence-electron chi connectivity index (χ4n) is 2.94. The quantitative estimate of drug-likeness (QED) is 0.104. The summed E-state index contributed by atoms with van der Waals surface area (Å²) in [6, 6.07) is 7.27. The zero-order valence-corrected chi connectivity index (χ0v) is 24.7. The van der Waals surface area contributed by atoms with Gasteiger partial charge in [-0.3, -0.25) is 0 Å². The maximum Gasteiger partial charge on any atom is 0.119 e. The zero-order chi connectivity index (χ0) is 28.8. The van der Waals surface area contributed by atoms with Crippen LogP contribution in [0.5, 0.6) is 5.75 Å². The molecule has 0 bridgehead atoms. The van der Waals surface area contributed by atoms with Crippen molar-refractivity contribution in [3.63, 3.8) is 0 Å². The number of benzene rings is 1. The molecule has 1 unspecified atom stereocenters. The van der Waals surface area contributed by atoms with Gasteiger partial charge in [0.2, 0.25) is 0 Å². The summed E-state index contributed by atoms with van der Waals surface area (Å²) in [7, 11) is 0. The number of nitrogens with two attached hydrogens (primary N) is 1. The first-order valence-corrected chi connectivity index (χ1v) is 14.4. The van der Waals surface area contributed by atoms with Gasteiger partial charge in [0.05, 0.1) is 112 Å². The van der Waals surface area contributed by atoms with Crippen molar-refractivity contribution in [3.05, 3.63) is 24.3 Å². The molecule has 0 aliphatic heterocycles. The van der Waals surface area contributed by atoms with Gasteiger partial charge in [-0.05, 0) is 30.2 Å². The van der Waals surface area contributed by atoms with Gasteiger partial charge in [0, 0.05) is 12.3 Å². The summed E-state index contributed by atoms with van der Waals surface area (Å²) in [4.78, 5) is 0. The Morgan fingerprint density at radius 2 is 0.775 bits per heavy atom. The molecule has 1 rings (SSSR count). The summed E-state index contributed by atoms with van der Waals surface area (Å²) in [5, 5.41) is 0. The van der Waals surface area contributed by atoms with E-state index in [2.05, 4.69) is 13.8 Å². The van der Waals surface area contributed by atoms with Crippen LogP contribution in [-0.4, -0.2) is 126 Å². The Labute approximate surface area is 240 Å². The average Bonchev–Trinajstić information content (AvgIpc) is 2.97. The monoisotopic (exact) mass is 575 g/mol. The molecule has 1 aromatic carbocycles. The summed E-state index contributed by atoms with van der Waals surface area (Å²) in [6.45, 7) is 14.7. The molecule has 1 aromatic rings. The van der Waals surface area contributed by atoms with Crippen molar-refractivity contribution in [2.75, 3.05) is 131 Å². The molecule has 0 heterocycles. The van der Waals surface area contributed by atoms with Crippen molar-refractivity contribution in [2.24, 2.45) is 5.92 Å². The van der Waals surface area contributed by atoms with Gasteiger partial charge in [0.25, 0.3) is 0 Å². The zero-order valence-electron chi connectivity index (χ0n) is 24.7. The SMILES string of the molecule is CCC(C)COCCOCCOCCOCCOCCOCCOCCOCCOCCOc1ccc(N)cc1. The molecule has 11 nitrogen and oxygen atoms in total. The van der Waals surface area contributed by atoms with Crippen LogP contribution in [0, 0.1) is 5.92 Å². The lowest BCUT2D eigenvalue weighted by atomic mass is 10.1. The molecule has 0 amide bonds. The highest BCUT2D eigenvalue weighted by molar-refractivity contribution is 5.41. The normalized spacial score (nSPS) is 12.2. The van der Waals surface area contributed by atoms with Crippen LogP contribution in [0.1, 0.15) is 20.3 Å². The maximum atomic E-state index is 5.64. The lowest BCUT2D eigenvalue weighted by molar-refractivity contribution is -0.0258. The fourth-order valence-corrected chi connectivity index (χ4v) is 2.94. The Morgan fingerprint density at radius 3 is 1.10 bits per heavy atom. The summed E-state index contributed by atoms with van der Waals surface area (Å²) in [5.41, 5.74) is 6.35. The molecule has 0 aromatic heterocycles. The first-order valence-electron chi connectivity index (χ1n) is 14.4. The molecule has 0 saturated carbocycles. The maximum absolute atomic E-state index is 5.64. The molecule has 0 spiro atoms. The van der Waals surface area contributed by atoms with Crippen molar-refractivity contribution >= 4 is 5.69 Å². The Kier molecular flexibility index (Phi) is 26.4. The van der Waals surface area contributed by atoms with Crippen LogP contribution in [0.3, 0.4) is 0 Å². The molecule has 40 heavy (non-hydrogen) atoms. The first-order chi connectivity index (χ1) is 19.7. The molecule has 0 fully saturated rings. The van der Waals surface area contributed by atoms with E-state index in [0.29, 0.717) is 131 Å². The summed E-state index contributed by atoms with van der Waals surface area (Å²) >= 11 is 0. The van der Waals surface area contributed by atoms with Crippen molar-refractivity contribution in [1.82, 2.24) is 0 Å². The molecule has 0 aliphatic carbocycles. The molecule has 234 valence electrons. The van der Waals surface area contributed by atoms with Gasteiger partial charge < -0.3 is 53.1 Å². The van der Waals surface area contributed by atoms with E-state index in [1.807, 2.05) is 12.1 Å². The van der Waals surface area contributed by atoms with Gasteiger partial charge in [0.15, 0.2) is 0 Å². The van der Waals surface area contributed by atoms with Crippen molar-refractivity contribution in [1.29, 1.82) is 0 Å². The number of rotatable bonds is 31. The topological polar surface area (TPSA) is 118 Å². The molecule has 11 heteroatoms. The van der Waals surface area contributed by atoms with E-state index in [4.69, 9.17) is 53.1 Å². The summed E-state index contributed by atoms with van der Waals surface area (Å²) in [5.74, 6) is 1.37. The second-order valence-corrected chi connectivity index (χ2v) is 8.90. The number of anilines is 1. The van der Waals surface area contributed by atoms with E-state index in [9.17, 15) is 0 Å². The van der Waals surface area contributed by atoms with Crippen LogP contribution >= 0.6 is 0 Å². The predicted molar refractivity (Wildman–Crippen MR) is 153 cm³/mol. The van der Waals surface area contributed by atoms with Crippen LogP contribution in [0.15, 0.2) is 24.3 Å². The Bertz CT molecular complexity index is 638. The lowest BCUT2D eigenvalue weighted by Crippen LogP contribution is -2.15. The van der Waals surface area contributed by atoms with Gasteiger partial charge in [-0.2, -0.15) is 0 Å². The van der Waals surface area contributed by atoms with E-state index in [1.165, 1.54) is 0 Å². The van der Waals surface area contributed by atoms with Gasteiger partial charge >= 0.3 is 0 Å². The number of nitrogen functional groups attached to an aromatic ring is 1. The summed E-state index contributed by atoms with van der Waals surface area (Å²) in [6.07, 6.45) is 1.13. The second-order valence-electron chi connectivity index (χ2n) is 8.90. The largest absolute Gasteiger partial charge is 0.491 e. The number of ether oxygens (including phenoxy) is 10. The highest BCUT2D eigenvalue weighted by atomic mass is 16.6. The Balaban J connectivity index is 1.64. The standard InChI is InChI=1S/C29H53NO10/c1-3-27(2)26-39-23-22-37-19-18-35-15-14-33-11-10-31-8-9-32-12-13-34-16-17-36-20-21-38-24-25-40-29-6-4-28(30)5-7-29/h4-7,27H,3,8-26,30H2,1-2H3. The third-order valence-electron chi connectivity index (χ3n) is 5.45. The smallest absolute Gasteiger partial charge is 0.119 e. The third kappa shape index (κ3) is 25.4. The molecule has 1 atom stereocenters. The fraction of sp³-hybridized carbons (Fsp3) is 0.793. The average molecular weight is 576 g/mol. The van der Waals surface area contributed by atoms with E-state index in [1.54, 1.807) is 12.1 Å². The summed E-state index contributed by atoms with van der Waals surface area (Å²) < 4.78 is 54.8. The van der Waals surface area contributed by atoms with Crippen LogP contribution < -0.4 is 10.5 Å². The number of hydrogen-bond acceptors (Lipinski definition) is 11. The highest BCUT2D eigenvalue weighted by Crippen LogP contribution is 2.12. The minimum atomic E-state index is 0.480. The van der Waals surface area contributed by atoms with E-state index in [-0.39, 0.29) is 0 Å². The molecule has 0 saturated heterocycles. The van der Waals surface area contributed by atoms with E-state index in [0.717, 1.165) is 18.8 Å². The second kappa shape index (κ2) is 29.0. The Morgan fingerprint density at radius 1 is 0.475 bits per heavy atom. The third-order valence-corrected chi connectivity index (χ3v) is 5.45. The minimum Gasteiger partial charge on any atom is -0.491 e. The van der Waals surface area contributed by atoms with E-state index >= 15 is 0 Å². The predicted octanol–water partition coefficient (Wildman–Crippen LogP) is 2.84. The molecule has 2 N–H and O–H groups in total. The van der Waals surface area contributed by atoms with Crippen LogP contribution in [0.2, 0.25) is 0 Å². The molecular formula is C29H53NO10. The minimum absolute atomic E-state index is 0.480. The van der Waals surface area contributed by atoms with Crippen LogP contribution in [-0.2, 0) is 42.6 Å². The lowest BCUT2D eigenvalue weighted by Gasteiger charge is -2.10. The highest BCUT2D eigenvalue weighted by Gasteiger charge is 1.99. The van der Waals surface area contributed by atoms with Crippen LogP contribution in [0.4, 0.5) is 5.69 Å². The molecule has 0 radical (unpaired) electrons. The molecule has 0 aliphatic rings. The van der Waals surface area contributed by atoms with Gasteiger partial charge in [-0.15, -0.1) is 0 Å². The molecular weight excluding hydrogens is 522 g/mol.